The Balaban J connectivity index is 1.10. The summed E-state index contributed by atoms with van der Waals surface area (Å²) in [5.74, 6) is 0.570. The second-order valence-electron chi connectivity index (χ2n) is 10.1. The molecule has 5 heterocycles. The molecule has 0 aliphatic carbocycles. The fourth-order valence-corrected chi connectivity index (χ4v) is 5.59. The Morgan fingerprint density at radius 3 is 2.55 bits per heavy atom. The Bertz CT molecular complexity index is 1390. The molecule has 38 heavy (non-hydrogen) atoms. The number of rotatable bonds is 6. The number of anilines is 2. The number of fused-ring (bicyclic) bond motifs is 1. The molecule has 0 radical (unpaired) electrons. The van der Waals surface area contributed by atoms with E-state index in [0.29, 0.717) is 17.7 Å². The largest absolute Gasteiger partial charge is 0.351 e. The minimum atomic E-state index is 0.0718. The summed E-state index contributed by atoms with van der Waals surface area (Å²) in [4.78, 5) is 37.1. The van der Waals surface area contributed by atoms with Gasteiger partial charge in [-0.15, -0.1) is 0 Å². The summed E-state index contributed by atoms with van der Waals surface area (Å²) < 4.78 is 0. The van der Waals surface area contributed by atoms with Crippen molar-refractivity contribution in [3.8, 4) is 11.4 Å². The Morgan fingerprint density at radius 2 is 1.79 bits per heavy atom. The number of benzene rings is 1. The number of piperidine rings is 1. The van der Waals surface area contributed by atoms with E-state index in [-0.39, 0.29) is 5.91 Å². The summed E-state index contributed by atoms with van der Waals surface area (Å²) >= 11 is 0. The number of nitrogens with one attached hydrogen (secondary N) is 2. The van der Waals surface area contributed by atoms with Crippen LogP contribution in [0.4, 0.5) is 11.6 Å². The summed E-state index contributed by atoms with van der Waals surface area (Å²) in [6, 6.07) is 16.1. The molecule has 2 aliphatic heterocycles. The predicted molar refractivity (Wildman–Crippen MR) is 149 cm³/mol. The molecule has 196 valence electrons. The lowest BCUT2D eigenvalue weighted by Gasteiger charge is -2.42. The minimum Gasteiger partial charge on any atom is -0.351 e. The Labute approximate surface area is 222 Å². The molecule has 4 aromatic rings. The SMILES string of the molecule is CCN1CCC(N2CCN(C(=O)c3cc4cc(Nc5nccc(-c6ccccn6)n5)ccc4[nH]3)CC2)CC1. The van der Waals surface area contributed by atoms with Gasteiger partial charge in [-0.05, 0) is 74.9 Å². The smallest absolute Gasteiger partial charge is 0.270 e. The Hall–Kier alpha value is -3.82. The van der Waals surface area contributed by atoms with Gasteiger partial charge in [0.15, 0.2) is 0 Å². The van der Waals surface area contributed by atoms with Crippen molar-refractivity contribution in [3.63, 3.8) is 0 Å². The van der Waals surface area contributed by atoms with Gasteiger partial charge in [0.2, 0.25) is 5.95 Å². The van der Waals surface area contributed by atoms with Crippen LogP contribution in [0.15, 0.2) is 60.9 Å². The third kappa shape index (κ3) is 5.25. The standard InChI is InChI=1S/C29H34N8O/c1-2-35-13-9-23(10-14-35)36-15-17-37(18-16-36)28(38)27-20-21-19-22(6-7-24(21)33-27)32-29-31-12-8-26(34-29)25-5-3-4-11-30-25/h3-8,11-12,19-20,23,33H,2,9-10,13-18H2,1H3,(H,31,32,34). The Morgan fingerprint density at radius 1 is 0.947 bits per heavy atom. The average Bonchev–Trinajstić information content (AvgIpc) is 3.41. The van der Waals surface area contributed by atoms with E-state index in [2.05, 4.69) is 42.0 Å². The van der Waals surface area contributed by atoms with Gasteiger partial charge < -0.3 is 20.1 Å². The monoisotopic (exact) mass is 510 g/mol. The van der Waals surface area contributed by atoms with Crippen molar-refractivity contribution >= 4 is 28.4 Å². The molecule has 0 atom stereocenters. The minimum absolute atomic E-state index is 0.0718. The van der Waals surface area contributed by atoms with E-state index in [0.717, 1.165) is 60.7 Å². The number of aromatic amines is 1. The van der Waals surface area contributed by atoms with Crippen molar-refractivity contribution in [2.45, 2.75) is 25.8 Å². The van der Waals surface area contributed by atoms with Gasteiger partial charge in [-0.3, -0.25) is 14.7 Å². The molecule has 9 nitrogen and oxygen atoms in total. The molecule has 2 aliphatic rings. The molecule has 1 amide bonds. The van der Waals surface area contributed by atoms with E-state index < -0.39 is 0 Å². The normalized spacial score (nSPS) is 17.7. The van der Waals surface area contributed by atoms with E-state index >= 15 is 0 Å². The maximum absolute atomic E-state index is 13.3. The van der Waals surface area contributed by atoms with Crippen LogP contribution in [0, 0.1) is 0 Å². The highest BCUT2D eigenvalue weighted by Crippen LogP contribution is 2.24. The van der Waals surface area contributed by atoms with Crippen LogP contribution >= 0.6 is 0 Å². The first kappa shape index (κ1) is 24.5. The molecule has 0 spiro atoms. The van der Waals surface area contributed by atoms with E-state index in [1.165, 1.54) is 25.9 Å². The molecule has 3 aromatic heterocycles. The highest BCUT2D eigenvalue weighted by atomic mass is 16.2. The van der Waals surface area contributed by atoms with Crippen molar-refractivity contribution < 1.29 is 4.79 Å². The van der Waals surface area contributed by atoms with E-state index in [9.17, 15) is 4.79 Å². The summed E-state index contributed by atoms with van der Waals surface area (Å²) in [6.07, 6.45) is 5.94. The highest BCUT2D eigenvalue weighted by Gasteiger charge is 2.29. The molecule has 0 bridgehead atoms. The maximum Gasteiger partial charge on any atom is 0.270 e. The number of piperazine rings is 1. The first-order chi connectivity index (χ1) is 18.7. The molecule has 6 rings (SSSR count). The molecule has 0 unspecified atom stereocenters. The number of carbonyl (C=O) groups is 1. The van der Waals surface area contributed by atoms with E-state index in [1.54, 1.807) is 12.4 Å². The van der Waals surface area contributed by atoms with Crippen LogP contribution in [0.3, 0.4) is 0 Å². The van der Waals surface area contributed by atoms with Crippen LogP contribution in [0.1, 0.15) is 30.3 Å². The quantitative estimate of drug-likeness (QED) is 0.405. The first-order valence-corrected chi connectivity index (χ1v) is 13.6. The van der Waals surface area contributed by atoms with E-state index in [1.807, 2.05) is 53.4 Å². The second kappa shape index (κ2) is 10.9. The van der Waals surface area contributed by atoms with Crippen molar-refractivity contribution in [1.29, 1.82) is 0 Å². The fraction of sp³-hybridized carbons (Fsp3) is 0.379. The third-order valence-corrected chi connectivity index (χ3v) is 7.81. The fourth-order valence-electron chi connectivity index (χ4n) is 5.59. The molecule has 1 aromatic carbocycles. The average molecular weight is 511 g/mol. The Kier molecular flexibility index (Phi) is 7.02. The molecule has 2 saturated heterocycles. The molecule has 0 saturated carbocycles. The van der Waals surface area contributed by atoms with Gasteiger partial charge in [-0.25, -0.2) is 9.97 Å². The number of amides is 1. The van der Waals surface area contributed by atoms with Crippen LogP contribution in [0.2, 0.25) is 0 Å². The topological polar surface area (TPSA) is 93.3 Å². The van der Waals surface area contributed by atoms with E-state index in [4.69, 9.17) is 0 Å². The van der Waals surface area contributed by atoms with Gasteiger partial charge in [0, 0.05) is 61.2 Å². The summed E-state index contributed by atoms with van der Waals surface area (Å²) in [7, 11) is 0. The van der Waals surface area contributed by atoms with Crippen LogP contribution in [-0.2, 0) is 0 Å². The van der Waals surface area contributed by atoms with Crippen LogP contribution in [-0.4, -0.2) is 92.4 Å². The zero-order valence-corrected chi connectivity index (χ0v) is 21.8. The lowest BCUT2D eigenvalue weighted by Crippen LogP contribution is -2.54. The second-order valence-corrected chi connectivity index (χ2v) is 10.1. The number of nitrogens with zero attached hydrogens (tertiary/aromatic N) is 6. The van der Waals surface area contributed by atoms with Crippen LogP contribution < -0.4 is 5.32 Å². The molecular weight excluding hydrogens is 476 g/mol. The van der Waals surface area contributed by atoms with Crippen molar-refractivity contribution in [2.75, 3.05) is 51.1 Å². The van der Waals surface area contributed by atoms with Crippen LogP contribution in [0.25, 0.3) is 22.3 Å². The number of carbonyl (C=O) groups excluding carboxylic acids is 1. The van der Waals surface area contributed by atoms with Gasteiger partial charge >= 0.3 is 0 Å². The van der Waals surface area contributed by atoms with Crippen molar-refractivity contribution in [3.05, 3.63) is 66.6 Å². The number of pyridine rings is 1. The summed E-state index contributed by atoms with van der Waals surface area (Å²) in [5, 5.41) is 4.26. The lowest BCUT2D eigenvalue weighted by molar-refractivity contribution is 0.0454. The summed E-state index contributed by atoms with van der Waals surface area (Å²) in [5.41, 5.74) is 3.98. The number of hydrogen-bond acceptors (Lipinski definition) is 7. The maximum atomic E-state index is 13.3. The third-order valence-electron chi connectivity index (χ3n) is 7.81. The van der Waals surface area contributed by atoms with Gasteiger partial charge in [0.1, 0.15) is 5.69 Å². The number of hydrogen-bond donors (Lipinski definition) is 2. The van der Waals surface area contributed by atoms with Gasteiger partial charge in [-0.1, -0.05) is 13.0 Å². The van der Waals surface area contributed by atoms with Gasteiger partial charge in [-0.2, -0.15) is 0 Å². The lowest BCUT2D eigenvalue weighted by atomic mass is 10.0. The molecule has 2 N–H and O–H groups in total. The molecule has 9 heteroatoms. The van der Waals surface area contributed by atoms with Gasteiger partial charge in [0.05, 0.1) is 11.4 Å². The highest BCUT2D eigenvalue weighted by molar-refractivity contribution is 5.98. The van der Waals surface area contributed by atoms with Crippen LogP contribution in [0.5, 0.6) is 0 Å². The summed E-state index contributed by atoms with van der Waals surface area (Å²) in [6.45, 7) is 9.22. The predicted octanol–water partition coefficient (Wildman–Crippen LogP) is 4.01. The number of H-pyrrole nitrogens is 1. The van der Waals surface area contributed by atoms with Crippen molar-refractivity contribution in [2.24, 2.45) is 0 Å². The zero-order valence-electron chi connectivity index (χ0n) is 21.8. The van der Waals surface area contributed by atoms with Crippen molar-refractivity contribution in [1.82, 2.24) is 34.6 Å². The number of aromatic nitrogens is 4. The number of likely N-dealkylation sites (tertiary alicyclic amines) is 1. The first-order valence-electron chi connectivity index (χ1n) is 13.6. The molecular formula is C29H34N8O. The van der Waals surface area contributed by atoms with Gasteiger partial charge in [0.25, 0.3) is 5.91 Å². The molecule has 2 fully saturated rings. The zero-order chi connectivity index (χ0) is 25.9.